The van der Waals surface area contributed by atoms with Crippen LogP contribution in [-0.4, -0.2) is 67.6 Å². The van der Waals surface area contributed by atoms with Crippen molar-refractivity contribution in [3.63, 3.8) is 0 Å². The summed E-state index contributed by atoms with van der Waals surface area (Å²) in [5.41, 5.74) is 0. The van der Waals surface area contributed by atoms with Gasteiger partial charge in [0.05, 0.1) is 18.1 Å². The molecule has 23 heavy (non-hydrogen) atoms. The highest BCUT2D eigenvalue weighted by molar-refractivity contribution is 6.32. The maximum absolute atomic E-state index is 12.3. The van der Waals surface area contributed by atoms with Crippen molar-refractivity contribution < 1.29 is 9.53 Å². The number of rotatable bonds is 5. The number of nitrogens with one attached hydrogen (secondary N) is 1. The summed E-state index contributed by atoms with van der Waals surface area (Å²) in [6, 6.07) is 7.87. The first-order valence-electron chi connectivity index (χ1n) is 8.34. The van der Waals surface area contributed by atoms with Gasteiger partial charge in [-0.1, -0.05) is 23.7 Å². The minimum absolute atomic E-state index is 0.176. The molecule has 1 atom stereocenters. The van der Waals surface area contributed by atoms with Crippen molar-refractivity contribution in [1.29, 1.82) is 0 Å². The standard InChI is InChI=1S/C17H24ClN3O2/c18-15-3-1-2-4-16(15)23-12-6-17(22)21-9-5-14(13-21)20-10-7-19-8-11-20/h1-4,14,19H,5-13H2. The molecule has 1 N–H and O–H groups in total. The van der Waals surface area contributed by atoms with Gasteiger partial charge in [0.2, 0.25) is 5.91 Å². The molecule has 2 fully saturated rings. The number of nitrogens with zero attached hydrogens (tertiary/aromatic N) is 2. The van der Waals surface area contributed by atoms with Crippen LogP contribution in [0, 0.1) is 0 Å². The molecule has 1 unspecified atom stereocenters. The van der Waals surface area contributed by atoms with E-state index in [4.69, 9.17) is 16.3 Å². The van der Waals surface area contributed by atoms with Gasteiger partial charge in [0, 0.05) is 45.3 Å². The Balaban J connectivity index is 1.41. The number of benzene rings is 1. The lowest BCUT2D eigenvalue weighted by atomic mass is 10.2. The molecule has 2 saturated heterocycles. The second kappa shape index (κ2) is 7.99. The average Bonchev–Trinajstić information content (AvgIpc) is 3.07. The quantitative estimate of drug-likeness (QED) is 0.886. The largest absolute Gasteiger partial charge is 0.491 e. The molecule has 0 aliphatic carbocycles. The predicted octanol–water partition coefficient (Wildman–Crippen LogP) is 1.61. The smallest absolute Gasteiger partial charge is 0.226 e. The van der Waals surface area contributed by atoms with Crippen LogP contribution >= 0.6 is 11.6 Å². The SMILES string of the molecule is O=C(CCOc1ccccc1Cl)N1CCC(N2CCNCC2)C1. The Bertz CT molecular complexity index is 534. The lowest BCUT2D eigenvalue weighted by molar-refractivity contribution is -0.130. The first-order valence-corrected chi connectivity index (χ1v) is 8.72. The summed E-state index contributed by atoms with van der Waals surface area (Å²) in [7, 11) is 0. The molecule has 0 saturated carbocycles. The third-order valence-electron chi connectivity index (χ3n) is 4.59. The minimum atomic E-state index is 0.176. The van der Waals surface area contributed by atoms with Crippen LogP contribution < -0.4 is 10.1 Å². The van der Waals surface area contributed by atoms with E-state index in [1.165, 1.54) is 0 Å². The summed E-state index contributed by atoms with van der Waals surface area (Å²) in [6.07, 6.45) is 1.48. The number of halogens is 1. The second-order valence-corrected chi connectivity index (χ2v) is 6.50. The Labute approximate surface area is 142 Å². The number of carbonyl (C=O) groups excluding carboxylic acids is 1. The molecule has 1 aromatic rings. The lowest BCUT2D eigenvalue weighted by Crippen LogP contribution is -2.49. The van der Waals surface area contributed by atoms with Gasteiger partial charge in [-0.15, -0.1) is 0 Å². The number of carbonyl (C=O) groups is 1. The van der Waals surface area contributed by atoms with Gasteiger partial charge in [0.25, 0.3) is 0 Å². The molecule has 0 bridgehead atoms. The Hall–Kier alpha value is -1.30. The van der Waals surface area contributed by atoms with E-state index < -0.39 is 0 Å². The van der Waals surface area contributed by atoms with Gasteiger partial charge >= 0.3 is 0 Å². The Morgan fingerprint density at radius 1 is 1.26 bits per heavy atom. The molecular formula is C17H24ClN3O2. The van der Waals surface area contributed by atoms with Crippen LogP contribution in [0.4, 0.5) is 0 Å². The molecule has 0 radical (unpaired) electrons. The van der Waals surface area contributed by atoms with Crippen molar-refractivity contribution in [3.8, 4) is 5.75 Å². The summed E-state index contributed by atoms with van der Waals surface area (Å²) in [5.74, 6) is 0.816. The number of likely N-dealkylation sites (tertiary alicyclic amines) is 1. The molecule has 2 aliphatic heterocycles. The zero-order valence-corrected chi connectivity index (χ0v) is 14.1. The Morgan fingerprint density at radius 2 is 2.04 bits per heavy atom. The Kier molecular flexibility index (Phi) is 5.75. The average molecular weight is 338 g/mol. The van der Waals surface area contributed by atoms with E-state index in [0.29, 0.717) is 29.8 Å². The first kappa shape index (κ1) is 16.6. The molecule has 2 heterocycles. The summed E-state index contributed by atoms with van der Waals surface area (Å²) >= 11 is 6.04. The summed E-state index contributed by atoms with van der Waals surface area (Å²) in [6.45, 7) is 6.36. The number of piperazine rings is 1. The van der Waals surface area contributed by atoms with Gasteiger partial charge in [0.15, 0.2) is 0 Å². The fourth-order valence-corrected chi connectivity index (χ4v) is 3.47. The van der Waals surface area contributed by atoms with Crippen molar-refractivity contribution in [2.24, 2.45) is 0 Å². The minimum Gasteiger partial charge on any atom is -0.491 e. The van der Waals surface area contributed by atoms with Crippen molar-refractivity contribution in [2.75, 3.05) is 45.9 Å². The zero-order valence-electron chi connectivity index (χ0n) is 13.3. The second-order valence-electron chi connectivity index (χ2n) is 6.10. The number of amides is 1. The molecule has 1 amide bonds. The normalized spacial score (nSPS) is 22.3. The van der Waals surface area contributed by atoms with E-state index in [2.05, 4.69) is 10.2 Å². The summed E-state index contributed by atoms with van der Waals surface area (Å²) in [4.78, 5) is 16.8. The predicted molar refractivity (Wildman–Crippen MR) is 91.0 cm³/mol. The van der Waals surface area contributed by atoms with Crippen LogP contribution in [0.25, 0.3) is 0 Å². The maximum Gasteiger partial charge on any atom is 0.226 e. The molecular weight excluding hydrogens is 314 g/mol. The van der Waals surface area contributed by atoms with Gasteiger partial charge in [0.1, 0.15) is 5.75 Å². The van der Waals surface area contributed by atoms with E-state index in [1.807, 2.05) is 23.1 Å². The van der Waals surface area contributed by atoms with Crippen molar-refractivity contribution in [3.05, 3.63) is 29.3 Å². The van der Waals surface area contributed by atoms with Crippen LogP contribution in [-0.2, 0) is 4.79 Å². The van der Waals surface area contributed by atoms with Crippen LogP contribution in [0.15, 0.2) is 24.3 Å². The highest BCUT2D eigenvalue weighted by atomic mass is 35.5. The fourth-order valence-electron chi connectivity index (χ4n) is 3.28. The number of hydrogen-bond acceptors (Lipinski definition) is 4. The van der Waals surface area contributed by atoms with E-state index in [9.17, 15) is 4.79 Å². The number of ether oxygens (including phenoxy) is 1. The van der Waals surface area contributed by atoms with E-state index in [1.54, 1.807) is 6.07 Å². The molecule has 5 nitrogen and oxygen atoms in total. The van der Waals surface area contributed by atoms with Crippen LogP contribution in [0.5, 0.6) is 5.75 Å². The van der Waals surface area contributed by atoms with Crippen molar-refractivity contribution in [1.82, 2.24) is 15.1 Å². The molecule has 126 valence electrons. The highest BCUT2D eigenvalue weighted by Crippen LogP contribution is 2.23. The van der Waals surface area contributed by atoms with Gasteiger partial charge < -0.3 is 15.0 Å². The van der Waals surface area contributed by atoms with Gasteiger partial charge in [-0.25, -0.2) is 0 Å². The molecule has 3 rings (SSSR count). The van der Waals surface area contributed by atoms with Crippen LogP contribution in [0.3, 0.4) is 0 Å². The van der Waals surface area contributed by atoms with Crippen molar-refractivity contribution in [2.45, 2.75) is 18.9 Å². The fraction of sp³-hybridized carbons (Fsp3) is 0.588. The highest BCUT2D eigenvalue weighted by Gasteiger charge is 2.30. The Morgan fingerprint density at radius 3 is 2.83 bits per heavy atom. The molecule has 0 spiro atoms. The van der Waals surface area contributed by atoms with Gasteiger partial charge in [-0.3, -0.25) is 9.69 Å². The maximum atomic E-state index is 12.3. The molecule has 6 heteroatoms. The third kappa shape index (κ3) is 4.37. The third-order valence-corrected chi connectivity index (χ3v) is 4.91. The van der Waals surface area contributed by atoms with E-state index in [-0.39, 0.29) is 5.91 Å². The monoisotopic (exact) mass is 337 g/mol. The van der Waals surface area contributed by atoms with Crippen molar-refractivity contribution >= 4 is 17.5 Å². The lowest BCUT2D eigenvalue weighted by Gasteiger charge is -2.32. The van der Waals surface area contributed by atoms with E-state index >= 15 is 0 Å². The van der Waals surface area contributed by atoms with Gasteiger partial charge in [-0.05, 0) is 18.6 Å². The molecule has 2 aliphatic rings. The molecule has 1 aromatic carbocycles. The summed E-state index contributed by atoms with van der Waals surface area (Å²) < 4.78 is 5.61. The topological polar surface area (TPSA) is 44.8 Å². The zero-order chi connectivity index (χ0) is 16.1. The number of hydrogen-bond donors (Lipinski definition) is 1. The number of para-hydroxylation sites is 1. The van der Waals surface area contributed by atoms with Gasteiger partial charge in [-0.2, -0.15) is 0 Å². The van der Waals surface area contributed by atoms with Crippen LogP contribution in [0.1, 0.15) is 12.8 Å². The summed E-state index contributed by atoms with van der Waals surface area (Å²) in [5, 5.41) is 3.95. The molecule has 0 aromatic heterocycles. The van der Waals surface area contributed by atoms with Crippen LogP contribution in [0.2, 0.25) is 5.02 Å². The first-order chi connectivity index (χ1) is 11.2. The van der Waals surface area contributed by atoms with E-state index in [0.717, 1.165) is 45.7 Å².